The van der Waals surface area contributed by atoms with Crippen molar-refractivity contribution in [3.63, 3.8) is 0 Å². The molecular formula is C7H10N2OS. The van der Waals surface area contributed by atoms with Gasteiger partial charge in [0.2, 0.25) is 0 Å². The van der Waals surface area contributed by atoms with E-state index in [-0.39, 0.29) is 6.10 Å². The van der Waals surface area contributed by atoms with Gasteiger partial charge in [0.05, 0.1) is 6.10 Å². The van der Waals surface area contributed by atoms with E-state index in [1.54, 1.807) is 17.5 Å². The van der Waals surface area contributed by atoms with Crippen LogP contribution < -0.4 is 5.32 Å². The number of hydrogen-bond donors (Lipinski definition) is 2. The number of aliphatic hydroxyl groups is 1. The van der Waals surface area contributed by atoms with Gasteiger partial charge in [-0.2, -0.15) is 0 Å². The highest BCUT2D eigenvalue weighted by Crippen LogP contribution is 2.24. The summed E-state index contributed by atoms with van der Waals surface area (Å²) in [6, 6.07) is 0.441. The number of anilines is 1. The Hall–Kier alpha value is -0.610. The van der Waals surface area contributed by atoms with Gasteiger partial charge in [0.1, 0.15) is 0 Å². The van der Waals surface area contributed by atoms with Crippen molar-refractivity contribution in [1.29, 1.82) is 0 Å². The summed E-state index contributed by atoms with van der Waals surface area (Å²) in [5.74, 6) is 0. The van der Waals surface area contributed by atoms with Crippen LogP contribution in [0.25, 0.3) is 0 Å². The van der Waals surface area contributed by atoms with Gasteiger partial charge in [-0.25, -0.2) is 4.98 Å². The Labute approximate surface area is 69.1 Å². The summed E-state index contributed by atoms with van der Waals surface area (Å²) in [5.41, 5.74) is 0. The number of hydrogen-bond acceptors (Lipinski definition) is 4. The smallest absolute Gasteiger partial charge is 0.182 e. The molecule has 1 aliphatic carbocycles. The molecule has 0 atom stereocenters. The first-order valence-corrected chi connectivity index (χ1v) is 4.56. The number of aromatic nitrogens is 1. The molecule has 0 amide bonds. The van der Waals surface area contributed by atoms with Crippen LogP contribution >= 0.6 is 11.3 Å². The molecule has 2 N–H and O–H groups in total. The molecule has 1 fully saturated rings. The molecule has 1 aromatic rings. The van der Waals surface area contributed by atoms with Crippen LogP contribution in [-0.2, 0) is 0 Å². The van der Waals surface area contributed by atoms with E-state index < -0.39 is 0 Å². The Bertz CT molecular complexity index is 218. The molecule has 60 valence electrons. The molecule has 0 bridgehead atoms. The van der Waals surface area contributed by atoms with Crippen molar-refractivity contribution in [3.05, 3.63) is 11.6 Å². The van der Waals surface area contributed by atoms with E-state index in [9.17, 15) is 0 Å². The van der Waals surface area contributed by atoms with Gasteiger partial charge in [0.25, 0.3) is 0 Å². The van der Waals surface area contributed by atoms with Crippen LogP contribution in [-0.4, -0.2) is 22.2 Å². The molecule has 0 unspecified atom stereocenters. The molecule has 0 spiro atoms. The van der Waals surface area contributed by atoms with Crippen molar-refractivity contribution in [1.82, 2.24) is 4.98 Å². The van der Waals surface area contributed by atoms with Crippen molar-refractivity contribution in [3.8, 4) is 0 Å². The van der Waals surface area contributed by atoms with E-state index in [0.29, 0.717) is 6.04 Å². The average Bonchev–Trinajstić information content (AvgIpc) is 2.36. The van der Waals surface area contributed by atoms with Gasteiger partial charge in [-0.15, -0.1) is 11.3 Å². The minimum absolute atomic E-state index is 0.0903. The zero-order valence-electron chi connectivity index (χ0n) is 6.03. The lowest BCUT2D eigenvalue weighted by molar-refractivity contribution is 0.0836. The minimum atomic E-state index is -0.0903. The zero-order chi connectivity index (χ0) is 7.68. The predicted octanol–water partition coefficient (Wildman–Crippen LogP) is 1.08. The third kappa shape index (κ3) is 1.52. The Balaban J connectivity index is 1.84. The normalized spacial score (nSPS) is 29.5. The summed E-state index contributed by atoms with van der Waals surface area (Å²) in [5, 5.41) is 15.1. The standard InChI is InChI=1S/C7H10N2OS/c10-6-3-5(4-6)9-7-8-1-2-11-7/h1-2,5-6,10H,3-4H2,(H,8,9). The molecule has 1 heterocycles. The molecule has 0 aromatic carbocycles. The van der Waals surface area contributed by atoms with Crippen LogP contribution in [0.15, 0.2) is 11.6 Å². The lowest BCUT2D eigenvalue weighted by Gasteiger charge is -2.31. The van der Waals surface area contributed by atoms with Crippen molar-refractivity contribution >= 4 is 16.5 Å². The monoisotopic (exact) mass is 170 g/mol. The van der Waals surface area contributed by atoms with Gasteiger partial charge in [-0.05, 0) is 12.8 Å². The lowest BCUT2D eigenvalue weighted by Crippen LogP contribution is -2.38. The van der Waals surface area contributed by atoms with Crippen LogP contribution in [0, 0.1) is 0 Å². The maximum Gasteiger partial charge on any atom is 0.182 e. The summed E-state index contributed by atoms with van der Waals surface area (Å²) < 4.78 is 0. The zero-order valence-corrected chi connectivity index (χ0v) is 6.84. The van der Waals surface area contributed by atoms with Crippen molar-refractivity contribution < 1.29 is 5.11 Å². The van der Waals surface area contributed by atoms with Gasteiger partial charge in [0.15, 0.2) is 5.13 Å². The maximum atomic E-state index is 8.99. The van der Waals surface area contributed by atoms with Gasteiger partial charge < -0.3 is 10.4 Å². The van der Waals surface area contributed by atoms with E-state index in [2.05, 4.69) is 10.3 Å². The van der Waals surface area contributed by atoms with Crippen molar-refractivity contribution in [2.75, 3.05) is 5.32 Å². The van der Waals surface area contributed by atoms with Crippen LogP contribution in [0.2, 0.25) is 0 Å². The highest BCUT2D eigenvalue weighted by Gasteiger charge is 2.27. The van der Waals surface area contributed by atoms with Gasteiger partial charge in [-0.1, -0.05) is 0 Å². The van der Waals surface area contributed by atoms with E-state index >= 15 is 0 Å². The second-order valence-corrected chi connectivity index (χ2v) is 3.70. The van der Waals surface area contributed by atoms with Crippen LogP contribution in [0.3, 0.4) is 0 Å². The number of nitrogens with zero attached hydrogens (tertiary/aromatic N) is 1. The topological polar surface area (TPSA) is 45.1 Å². The molecule has 0 saturated heterocycles. The van der Waals surface area contributed by atoms with Gasteiger partial charge in [-0.3, -0.25) is 0 Å². The van der Waals surface area contributed by atoms with E-state index in [4.69, 9.17) is 5.11 Å². The number of aliphatic hydroxyl groups excluding tert-OH is 1. The molecule has 2 rings (SSSR count). The number of thiazole rings is 1. The lowest BCUT2D eigenvalue weighted by atomic mass is 9.90. The van der Waals surface area contributed by atoms with E-state index in [1.807, 2.05) is 5.38 Å². The highest BCUT2D eigenvalue weighted by molar-refractivity contribution is 7.13. The van der Waals surface area contributed by atoms with E-state index in [0.717, 1.165) is 18.0 Å². The van der Waals surface area contributed by atoms with Crippen LogP contribution in [0.1, 0.15) is 12.8 Å². The summed E-state index contributed by atoms with van der Waals surface area (Å²) >= 11 is 1.60. The summed E-state index contributed by atoms with van der Waals surface area (Å²) in [6.07, 6.45) is 3.41. The fraction of sp³-hybridized carbons (Fsp3) is 0.571. The third-order valence-corrected chi connectivity index (χ3v) is 2.58. The molecule has 0 radical (unpaired) electrons. The summed E-state index contributed by atoms with van der Waals surface area (Å²) in [4.78, 5) is 4.09. The summed E-state index contributed by atoms with van der Waals surface area (Å²) in [6.45, 7) is 0. The predicted molar refractivity (Wildman–Crippen MR) is 44.8 cm³/mol. The first-order chi connectivity index (χ1) is 5.34. The molecule has 11 heavy (non-hydrogen) atoms. The fourth-order valence-corrected chi connectivity index (χ4v) is 1.78. The first kappa shape index (κ1) is 7.06. The Morgan fingerprint density at radius 1 is 1.64 bits per heavy atom. The second kappa shape index (κ2) is 2.79. The SMILES string of the molecule is OC1CC(Nc2nccs2)C1. The maximum absolute atomic E-state index is 8.99. The summed E-state index contributed by atoms with van der Waals surface area (Å²) in [7, 11) is 0. The second-order valence-electron chi connectivity index (χ2n) is 2.80. The number of nitrogens with one attached hydrogen (secondary N) is 1. The van der Waals surface area contributed by atoms with Crippen molar-refractivity contribution in [2.24, 2.45) is 0 Å². The molecule has 0 aliphatic heterocycles. The molecule has 3 nitrogen and oxygen atoms in total. The highest BCUT2D eigenvalue weighted by atomic mass is 32.1. The molecular weight excluding hydrogens is 160 g/mol. The van der Waals surface area contributed by atoms with Crippen LogP contribution in [0.4, 0.5) is 5.13 Å². The fourth-order valence-electron chi connectivity index (χ4n) is 1.18. The molecule has 1 aliphatic rings. The Morgan fingerprint density at radius 2 is 2.45 bits per heavy atom. The third-order valence-electron chi connectivity index (χ3n) is 1.87. The Morgan fingerprint density at radius 3 is 3.00 bits per heavy atom. The van der Waals surface area contributed by atoms with E-state index in [1.165, 1.54) is 0 Å². The Kier molecular flexibility index (Phi) is 1.79. The first-order valence-electron chi connectivity index (χ1n) is 3.68. The van der Waals surface area contributed by atoms with Crippen LogP contribution in [0.5, 0.6) is 0 Å². The number of rotatable bonds is 2. The largest absolute Gasteiger partial charge is 0.393 e. The molecule has 1 aromatic heterocycles. The van der Waals surface area contributed by atoms with Gasteiger partial charge >= 0.3 is 0 Å². The molecule has 1 saturated carbocycles. The molecule has 4 heteroatoms. The van der Waals surface area contributed by atoms with Gasteiger partial charge in [0, 0.05) is 17.6 Å². The van der Waals surface area contributed by atoms with Crippen molar-refractivity contribution in [2.45, 2.75) is 25.0 Å². The average molecular weight is 170 g/mol. The quantitative estimate of drug-likeness (QED) is 0.698. The minimum Gasteiger partial charge on any atom is -0.393 e.